The van der Waals surface area contributed by atoms with Crippen LogP contribution < -0.4 is 9.54 Å². The number of aromatic nitrogens is 1. The van der Waals surface area contributed by atoms with Gasteiger partial charge in [0.05, 0.1) is 19.0 Å². The van der Waals surface area contributed by atoms with E-state index in [0.29, 0.717) is 0 Å². The molecule has 3 aromatic carbocycles. The second-order valence-electron chi connectivity index (χ2n) is 6.25. The molecule has 0 atom stereocenters. The molecule has 0 radical (unpaired) electrons. The molecule has 0 aliphatic rings. The lowest BCUT2D eigenvalue weighted by Crippen LogP contribution is -2.13. The Morgan fingerprint density at radius 1 is 0.966 bits per heavy atom. The van der Waals surface area contributed by atoms with E-state index in [0.717, 1.165) is 33.1 Å². The van der Waals surface area contributed by atoms with Crippen LogP contribution in [0.4, 0.5) is 0 Å². The Morgan fingerprint density at radius 3 is 2.59 bits per heavy atom. The van der Waals surface area contributed by atoms with E-state index in [4.69, 9.17) is 4.74 Å². The molecule has 0 saturated heterocycles. The Hall–Kier alpha value is -3.64. The number of phenolic OH excluding ortho intramolecular Hbond substituents is 1. The van der Waals surface area contributed by atoms with Gasteiger partial charge in [-0.2, -0.15) is 5.10 Å². The number of para-hydroxylation sites is 1. The van der Waals surface area contributed by atoms with Crippen LogP contribution >= 0.6 is 11.3 Å². The van der Waals surface area contributed by atoms with Gasteiger partial charge in [0.15, 0.2) is 0 Å². The van der Waals surface area contributed by atoms with Crippen molar-refractivity contribution in [2.75, 3.05) is 7.11 Å². The van der Waals surface area contributed by atoms with Gasteiger partial charge in [0.2, 0.25) is 4.80 Å². The molecule has 1 N–H and O–H groups in total. The van der Waals surface area contributed by atoms with Gasteiger partial charge in [-0.15, -0.1) is 16.4 Å². The van der Waals surface area contributed by atoms with Crippen molar-refractivity contribution in [3.63, 3.8) is 0 Å². The minimum atomic E-state index is 0.225. The van der Waals surface area contributed by atoms with Crippen molar-refractivity contribution in [1.29, 1.82) is 0 Å². The summed E-state index contributed by atoms with van der Waals surface area (Å²) in [4.78, 5) is 0.730. The van der Waals surface area contributed by atoms with Crippen molar-refractivity contribution >= 4 is 17.6 Å². The third-order valence-corrected chi connectivity index (χ3v) is 5.12. The smallest absolute Gasteiger partial charge is 0.215 e. The molecule has 0 aliphatic heterocycles. The number of ether oxygens (including phenoxy) is 1. The fourth-order valence-corrected chi connectivity index (χ4v) is 3.80. The largest absolute Gasteiger partial charge is 0.508 e. The lowest BCUT2D eigenvalue weighted by Gasteiger charge is -2.09. The van der Waals surface area contributed by atoms with Crippen LogP contribution in [0, 0.1) is 0 Å². The maximum Gasteiger partial charge on any atom is 0.215 e. The van der Waals surface area contributed by atoms with Crippen molar-refractivity contribution in [2.24, 2.45) is 10.2 Å². The minimum Gasteiger partial charge on any atom is -0.508 e. The molecular formula is C23H19N3O2S. The molecule has 1 heterocycles. The molecule has 0 amide bonds. The normalized spacial score (nSPS) is 11.8. The van der Waals surface area contributed by atoms with Crippen LogP contribution in [-0.2, 0) is 0 Å². The second-order valence-corrected chi connectivity index (χ2v) is 7.08. The van der Waals surface area contributed by atoms with Gasteiger partial charge in [0.25, 0.3) is 0 Å². The first-order valence-corrected chi connectivity index (χ1v) is 9.89. The van der Waals surface area contributed by atoms with E-state index in [2.05, 4.69) is 10.2 Å². The first kappa shape index (κ1) is 18.7. The summed E-state index contributed by atoms with van der Waals surface area (Å²) in [5.74, 6) is 0.999. The summed E-state index contributed by atoms with van der Waals surface area (Å²) in [6.45, 7) is 0. The number of thiazole rings is 1. The predicted octanol–water partition coefficient (Wildman–Crippen LogP) is 4.85. The van der Waals surface area contributed by atoms with Gasteiger partial charge >= 0.3 is 0 Å². The highest BCUT2D eigenvalue weighted by Crippen LogP contribution is 2.26. The summed E-state index contributed by atoms with van der Waals surface area (Å²) in [6, 6.07) is 24.8. The molecule has 0 spiro atoms. The molecule has 5 nitrogen and oxygen atoms in total. The Balaban J connectivity index is 1.79. The molecule has 0 unspecified atom stereocenters. The third kappa shape index (κ3) is 4.28. The summed E-state index contributed by atoms with van der Waals surface area (Å²) in [6.07, 6.45) is 1.70. The van der Waals surface area contributed by atoms with Gasteiger partial charge in [0, 0.05) is 16.6 Å². The van der Waals surface area contributed by atoms with Crippen molar-refractivity contribution in [3.05, 3.63) is 94.6 Å². The van der Waals surface area contributed by atoms with Crippen molar-refractivity contribution < 1.29 is 9.84 Å². The Labute approximate surface area is 172 Å². The van der Waals surface area contributed by atoms with Crippen LogP contribution in [0.3, 0.4) is 0 Å². The Morgan fingerprint density at radius 2 is 1.79 bits per heavy atom. The van der Waals surface area contributed by atoms with Crippen LogP contribution in [0.2, 0.25) is 0 Å². The summed E-state index contributed by atoms with van der Waals surface area (Å²) in [7, 11) is 1.64. The van der Waals surface area contributed by atoms with Gasteiger partial charge in [-0.25, -0.2) is 0 Å². The summed E-state index contributed by atoms with van der Waals surface area (Å²) in [5, 5.41) is 20.6. The molecule has 0 bridgehead atoms. The Kier molecular flexibility index (Phi) is 5.54. The van der Waals surface area contributed by atoms with Crippen LogP contribution in [0.15, 0.2) is 94.4 Å². The number of benzene rings is 3. The Bertz CT molecular complexity index is 1210. The van der Waals surface area contributed by atoms with Crippen molar-refractivity contribution in [1.82, 2.24) is 4.57 Å². The van der Waals surface area contributed by atoms with Gasteiger partial charge in [-0.05, 0) is 42.0 Å². The van der Waals surface area contributed by atoms with Gasteiger partial charge < -0.3 is 9.84 Å². The van der Waals surface area contributed by atoms with Gasteiger partial charge in [-0.1, -0.05) is 42.5 Å². The zero-order valence-corrected chi connectivity index (χ0v) is 16.6. The maximum atomic E-state index is 9.89. The lowest BCUT2D eigenvalue weighted by atomic mass is 10.1. The van der Waals surface area contributed by atoms with Crippen LogP contribution in [-0.4, -0.2) is 23.0 Å². The fourth-order valence-electron chi connectivity index (χ4n) is 2.94. The van der Waals surface area contributed by atoms with Crippen LogP contribution in [0.1, 0.15) is 5.56 Å². The number of methoxy groups -OCH3 is 1. The first-order chi connectivity index (χ1) is 14.2. The van der Waals surface area contributed by atoms with E-state index in [1.807, 2.05) is 76.7 Å². The highest BCUT2D eigenvalue weighted by atomic mass is 32.1. The van der Waals surface area contributed by atoms with Crippen LogP contribution in [0.5, 0.6) is 11.5 Å². The molecule has 29 heavy (non-hydrogen) atoms. The standard InChI is InChI=1S/C23H19N3O2S/c1-28-21-12-5-7-17(13-21)15-24-25-23-26(19-9-3-2-4-10-19)22(16-29-23)18-8-6-11-20(27)14-18/h2-16,27H,1H3/b24-15-,25-23-. The molecule has 4 rings (SSSR count). The van der Waals surface area contributed by atoms with E-state index in [-0.39, 0.29) is 5.75 Å². The molecule has 0 saturated carbocycles. The molecular weight excluding hydrogens is 382 g/mol. The van der Waals surface area contributed by atoms with E-state index < -0.39 is 0 Å². The number of aromatic hydroxyl groups is 1. The third-order valence-electron chi connectivity index (χ3n) is 4.31. The molecule has 0 aliphatic carbocycles. The average Bonchev–Trinajstić information content (AvgIpc) is 3.18. The molecule has 144 valence electrons. The number of phenols is 1. The average molecular weight is 401 g/mol. The molecule has 4 aromatic rings. The number of hydrogen-bond acceptors (Lipinski definition) is 5. The number of rotatable bonds is 5. The van der Waals surface area contributed by atoms with Crippen molar-refractivity contribution in [3.8, 4) is 28.4 Å². The lowest BCUT2D eigenvalue weighted by molar-refractivity contribution is 0.415. The first-order valence-electron chi connectivity index (χ1n) is 9.01. The van der Waals surface area contributed by atoms with Crippen LogP contribution in [0.25, 0.3) is 16.9 Å². The predicted molar refractivity (Wildman–Crippen MR) is 117 cm³/mol. The fraction of sp³-hybridized carbons (Fsp3) is 0.0435. The zero-order valence-electron chi connectivity index (χ0n) is 15.8. The van der Waals surface area contributed by atoms with E-state index in [1.165, 1.54) is 11.3 Å². The zero-order chi connectivity index (χ0) is 20.1. The monoisotopic (exact) mass is 401 g/mol. The SMILES string of the molecule is COc1cccc(/C=N\N=c2/scc(-c3cccc(O)c3)n2-c2ccccc2)c1. The highest BCUT2D eigenvalue weighted by molar-refractivity contribution is 7.07. The summed E-state index contributed by atoms with van der Waals surface area (Å²) >= 11 is 1.49. The quantitative estimate of drug-likeness (QED) is 0.384. The second kappa shape index (κ2) is 8.58. The van der Waals surface area contributed by atoms with E-state index in [9.17, 15) is 5.11 Å². The van der Waals surface area contributed by atoms with Gasteiger partial charge in [-0.3, -0.25) is 4.57 Å². The van der Waals surface area contributed by atoms with E-state index in [1.54, 1.807) is 25.5 Å². The number of nitrogens with zero attached hydrogens (tertiary/aromatic N) is 3. The minimum absolute atomic E-state index is 0.225. The van der Waals surface area contributed by atoms with Gasteiger partial charge in [0.1, 0.15) is 11.5 Å². The summed E-state index contributed by atoms with van der Waals surface area (Å²) < 4.78 is 7.27. The molecule has 0 fully saturated rings. The highest BCUT2D eigenvalue weighted by Gasteiger charge is 2.10. The molecule has 6 heteroatoms. The molecule has 1 aromatic heterocycles. The maximum absolute atomic E-state index is 9.89. The summed E-state index contributed by atoms with van der Waals surface area (Å²) in [5.41, 5.74) is 3.72. The van der Waals surface area contributed by atoms with Crippen molar-refractivity contribution in [2.45, 2.75) is 0 Å². The van der Waals surface area contributed by atoms with E-state index >= 15 is 0 Å². The topological polar surface area (TPSA) is 59.1 Å². The number of hydrogen-bond donors (Lipinski definition) is 1.